The zero-order chi connectivity index (χ0) is 20.8. The summed E-state index contributed by atoms with van der Waals surface area (Å²) in [5.41, 5.74) is 1.46. The number of thiocarbonyl (C=S) groups is 1. The molecule has 1 heterocycles. The fourth-order valence-corrected chi connectivity index (χ4v) is 3.70. The molecule has 1 fully saturated rings. The molecule has 0 spiro atoms. The maximum Gasteiger partial charge on any atom is 0.262 e. The molecule has 0 aromatic heterocycles. The summed E-state index contributed by atoms with van der Waals surface area (Å²) in [4.78, 5) is 15.2. The van der Waals surface area contributed by atoms with Crippen LogP contribution >= 0.6 is 23.8 Å². The van der Waals surface area contributed by atoms with Crippen LogP contribution in [-0.4, -0.2) is 42.6 Å². The van der Waals surface area contributed by atoms with Crippen LogP contribution in [0.1, 0.15) is 25.3 Å². The second-order valence-electron chi connectivity index (χ2n) is 7.16. The summed E-state index contributed by atoms with van der Waals surface area (Å²) in [5, 5.41) is 3.21. The predicted octanol–water partition coefficient (Wildman–Crippen LogP) is 4.77. The number of carbonyl (C=O) groups excluding carboxylic acids is 1. The lowest BCUT2D eigenvalue weighted by Crippen LogP contribution is -2.37. The first-order chi connectivity index (χ1) is 14.0. The average molecular weight is 433 g/mol. The number of para-hydroxylation sites is 1. The van der Waals surface area contributed by atoms with Crippen molar-refractivity contribution in [3.05, 3.63) is 53.1 Å². The molecule has 0 aliphatic carbocycles. The zero-order valence-corrected chi connectivity index (χ0v) is 18.2. The van der Waals surface area contributed by atoms with E-state index in [0.29, 0.717) is 22.2 Å². The first-order valence-corrected chi connectivity index (χ1v) is 10.4. The summed E-state index contributed by atoms with van der Waals surface area (Å²) >= 11 is 11.7. The fourth-order valence-electron chi connectivity index (χ4n) is 3.21. The number of piperidine rings is 1. The van der Waals surface area contributed by atoms with Gasteiger partial charge in [0.2, 0.25) is 0 Å². The Morgan fingerprint density at radius 1 is 1.21 bits per heavy atom. The highest BCUT2D eigenvalue weighted by molar-refractivity contribution is 7.80. The van der Waals surface area contributed by atoms with Gasteiger partial charge in [0.1, 0.15) is 4.99 Å². The normalized spacial score (nSPS) is 14.4. The number of carbonyl (C=O) groups is 1. The number of anilines is 1. The molecule has 1 aliphatic rings. The van der Waals surface area contributed by atoms with Crippen LogP contribution in [0.15, 0.2) is 42.5 Å². The highest BCUT2D eigenvalue weighted by atomic mass is 35.5. The van der Waals surface area contributed by atoms with Gasteiger partial charge in [-0.25, -0.2) is 0 Å². The molecule has 1 aliphatic heterocycles. The van der Waals surface area contributed by atoms with E-state index in [1.165, 1.54) is 0 Å². The SMILES string of the molecule is COc1cc(C(=S)N2CCC(C)CC2)ccc1OCC(=O)Nc1ccccc1Cl. The van der Waals surface area contributed by atoms with E-state index < -0.39 is 0 Å². The van der Waals surface area contributed by atoms with Gasteiger partial charge in [-0.05, 0) is 49.1 Å². The number of rotatable bonds is 6. The van der Waals surface area contributed by atoms with Crippen LogP contribution in [0, 0.1) is 5.92 Å². The summed E-state index contributed by atoms with van der Waals surface area (Å²) in [6, 6.07) is 12.6. The molecule has 5 nitrogen and oxygen atoms in total. The van der Waals surface area contributed by atoms with Crippen molar-refractivity contribution in [3.8, 4) is 11.5 Å². The fraction of sp³-hybridized carbons (Fsp3) is 0.364. The lowest BCUT2D eigenvalue weighted by atomic mass is 9.99. The first-order valence-electron chi connectivity index (χ1n) is 9.62. The molecule has 1 N–H and O–H groups in total. The number of ether oxygens (including phenoxy) is 2. The van der Waals surface area contributed by atoms with Crippen molar-refractivity contribution >= 4 is 40.4 Å². The van der Waals surface area contributed by atoms with Crippen molar-refractivity contribution in [1.29, 1.82) is 0 Å². The van der Waals surface area contributed by atoms with Crippen LogP contribution in [0.25, 0.3) is 0 Å². The number of nitrogens with zero attached hydrogens (tertiary/aromatic N) is 1. The van der Waals surface area contributed by atoms with E-state index >= 15 is 0 Å². The third-order valence-electron chi connectivity index (χ3n) is 4.99. The predicted molar refractivity (Wildman–Crippen MR) is 120 cm³/mol. The Kier molecular flexibility index (Phi) is 7.34. The van der Waals surface area contributed by atoms with Gasteiger partial charge in [0.25, 0.3) is 5.91 Å². The van der Waals surface area contributed by atoms with Crippen molar-refractivity contribution in [2.45, 2.75) is 19.8 Å². The number of likely N-dealkylation sites (tertiary alicyclic amines) is 1. The van der Waals surface area contributed by atoms with E-state index in [1.54, 1.807) is 37.4 Å². The topological polar surface area (TPSA) is 50.8 Å². The molecular weight excluding hydrogens is 408 g/mol. The Morgan fingerprint density at radius 2 is 1.93 bits per heavy atom. The van der Waals surface area contributed by atoms with Crippen LogP contribution in [0.3, 0.4) is 0 Å². The maximum atomic E-state index is 12.2. The smallest absolute Gasteiger partial charge is 0.262 e. The van der Waals surface area contributed by atoms with E-state index in [-0.39, 0.29) is 12.5 Å². The zero-order valence-electron chi connectivity index (χ0n) is 16.6. The van der Waals surface area contributed by atoms with Crippen molar-refractivity contribution < 1.29 is 14.3 Å². The Morgan fingerprint density at radius 3 is 2.62 bits per heavy atom. The van der Waals surface area contributed by atoms with Gasteiger partial charge in [-0.1, -0.05) is 42.9 Å². The molecule has 7 heteroatoms. The number of halogens is 1. The van der Waals surface area contributed by atoms with Gasteiger partial charge in [0, 0.05) is 18.7 Å². The highest BCUT2D eigenvalue weighted by Gasteiger charge is 2.20. The van der Waals surface area contributed by atoms with E-state index in [0.717, 1.165) is 42.4 Å². The van der Waals surface area contributed by atoms with Crippen LogP contribution in [0.2, 0.25) is 5.02 Å². The lowest BCUT2D eigenvalue weighted by Gasteiger charge is -2.32. The molecule has 2 aromatic rings. The molecular formula is C22H25ClN2O3S. The maximum absolute atomic E-state index is 12.2. The number of benzene rings is 2. The third-order valence-corrected chi connectivity index (χ3v) is 5.81. The van der Waals surface area contributed by atoms with Gasteiger partial charge >= 0.3 is 0 Å². The van der Waals surface area contributed by atoms with Crippen LogP contribution < -0.4 is 14.8 Å². The molecule has 0 atom stereocenters. The van der Waals surface area contributed by atoms with Crippen molar-refractivity contribution in [1.82, 2.24) is 4.90 Å². The number of hydrogen-bond donors (Lipinski definition) is 1. The molecule has 29 heavy (non-hydrogen) atoms. The van der Waals surface area contributed by atoms with Crippen molar-refractivity contribution in [3.63, 3.8) is 0 Å². The van der Waals surface area contributed by atoms with Crippen LogP contribution in [0.5, 0.6) is 11.5 Å². The van der Waals surface area contributed by atoms with Crippen molar-refractivity contribution in [2.75, 3.05) is 32.1 Å². The monoisotopic (exact) mass is 432 g/mol. The molecule has 0 unspecified atom stereocenters. The van der Waals surface area contributed by atoms with Gasteiger partial charge in [-0.3, -0.25) is 4.79 Å². The van der Waals surface area contributed by atoms with Gasteiger partial charge in [0.05, 0.1) is 17.8 Å². The molecule has 0 radical (unpaired) electrons. The van der Waals surface area contributed by atoms with Gasteiger partial charge < -0.3 is 19.7 Å². The highest BCUT2D eigenvalue weighted by Crippen LogP contribution is 2.30. The molecule has 1 amide bonds. The van der Waals surface area contributed by atoms with Crippen LogP contribution in [-0.2, 0) is 4.79 Å². The van der Waals surface area contributed by atoms with Gasteiger partial charge in [-0.2, -0.15) is 0 Å². The minimum absolute atomic E-state index is 0.157. The van der Waals surface area contributed by atoms with Crippen molar-refractivity contribution in [2.24, 2.45) is 5.92 Å². The molecule has 3 rings (SSSR count). The molecule has 2 aromatic carbocycles. The minimum atomic E-state index is -0.304. The largest absolute Gasteiger partial charge is 0.493 e. The summed E-state index contributed by atoms with van der Waals surface area (Å²) in [6.45, 7) is 4.07. The number of amides is 1. The van der Waals surface area contributed by atoms with Gasteiger partial charge in [0.15, 0.2) is 18.1 Å². The second-order valence-corrected chi connectivity index (χ2v) is 7.95. The first kappa shape index (κ1) is 21.4. The minimum Gasteiger partial charge on any atom is -0.493 e. The standard InChI is InChI=1S/C22H25ClN2O3S/c1-15-9-11-25(12-10-15)22(29)16-7-8-19(20(13-16)27-2)28-14-21(26)24-18-6-4-3-5-17(18)23/h3-8,13,15H,9-12,14H2,1-2H3,(H,24,26). The summed E-state index contributed by atoms with van der Waals surface area (Å²) in [5.74, 6) is 1.47. The summed E-state index contributed by atoms with van der Waals surface area (Å²) in [6.07, 6.45) is 2.30. The Bertz CT molecular complexity index is 882. The van der Waals surface area contributed by atoms with E-state index in [9.17, 15) is 4.79 Å². The molecule has 0 saturated carbocycles. The van der Waals surface area contributed by atoms with Gasteiger partial charge in [-0.15, -0.1) is 0 Å². The number of hydrogen-bond acceptors (Lipinski definition) is 4. The summed E-state index contributed by atoms with van der Waals surface area (Å²) < 4.78 is 11.1. The Hall–Kier alpha value is -2.31. The van der Waals surface area contributed by atoms with E-state index in [2.05, 4.69) is 17.1 Å². The molecule has 0 bridgehead atoms. The Balaban J connectivity index is 1.62. The lowest BCUT2D eigenvalue weighted by molar-refractivity contribution is -0.118. The summed E-state index contributed by atoms with van der Waals surface area (Å²) in [7, 11) is 1.57. The Labute approximate surface area is 181 Å². The quantitative estimate of drug-likeness (QED) is 0.666. The van der Waals surface area contributed by atoms with Crippen LogP contribution in [0.4, 0.5) is 5.69 Å². The molecule has 154 valence electrons. The second kappa shape index (κ2) is 9.94. The van der Waals surface area contributed by atoms with E-state index in [4.69, 9.17) is 33.3 Å². The third kappa shape index (κ3) is 5.61. The average Bonchev–Trinajstić information content (AvgIpc) is 2.74. The number of nitrogens with one attached hydrogen (secondary N) is 1. The number of methoxy groups -OCH3 is 1. The molecule has 1 saturated heterocycles. The van der Waals surface area contributed by atoms with E-state index in [1.807, 2.05) is 12.1 Å².